The molecule has 2 N–H and O–H groups in total. The summed E-state index contributed by atoms with van der Waals surface area (Å²) in [5.74, 6) is 0. The van der Waals surface area contributed by atoms with E-state index in [0.717, 1.165) is 17.0 Å². The normalized spacial score (nSPS) is 10.5. The standard InChI is InChI=1S/C12H14N4O/c1-7-4-9(5-8(2)14-7)11-6-10(13)12(17)16(3)15-11/h4-6H,13H2,1-3H3. The highest BCUT2D eigenvalue weighted by Crippen LogP contribution is 2.18. The summed E-state index contributed by atoms with van der Waals surface area (Å²) >= 11 is 0. The zero-order valence-electron chi connectivity index (χ0n) is 10.1. The molecule has 0 saturated carbocycles. The molecule has 0 bridgehead atoms. The van der Waals surface area contributed by atoms with E-state index < -0.39 is 0 Å². The number of aryl methyl sites for hydroxylation is 3. The first-order chi connectivity index (χ1) is 7.97. The van der Waals surface area contributed by atoms with Crippen LogP contribution in [0.3, 0.4) is 0 Å². The maximum absolute atomic E-state index is 11.4. The van der Waals surface area contributed by atoms with E-state index in [4.69, 9.17) is 5.73 Å². The number of aromatic nitrogens is 3. The monoisotopic (exact) mass is 230 g/mol. The van der Waals surface area contributed by atoms with Crippen molar-refractivity contribution in [3.05, 3.63) is 39.9 Å². The molecule has 5 nitrogen and oxygen atoms in total. The second kappa shape index (κ2) is 4.01. The van der Waals surface area contributed by atoms with Gasteiger partial charge in [-0.2, -0.15) is 5.10 Å². The lowest BCUT2D eigenvalue weighted by Gasteiger charge is -2.06. The number of nitrogens with two attached hydrogens (primary N) is 1. The van der Waals surface area contributed by atoms with E-state index in [0.29, 0.717) is 5.69 Å². The minimum Gasteiger partial charge on any atom is -0.394 e. The van der Waals surface area contributed by atoms with E-state index in [9.17, 15) is 4.79 Å². The van der Waals surface area contributed by atoms with Crippen molar-refractivity contribution in [1.29, 1.82) is 0 Å². The summed E-state index contributed by atoms with van der Waals surface area (Å²) in [6, 6.07) is 5.43. The van der Waals surface area contributed by atoms with Gasteiger partial charge in [0.2, 0.25) is 0 Å². The third-order valence-corrected chi connectivity index (χ3v) is 2.47. The summed E-state index contributed by atoms with van der Waals surface area (Å²) in [6.07, 6.45) is 0. The Morgan fingerprint density at radius 3 is 2.29 bits per heavy atom. The van der Waals surface area contributed by atoms with Gasteiger partial charge in [-0.05, 0) is 32.0 Å². The number of hydrogen-bond acceptors (Lipinski definition) is 4. The number of hydrogen-bond donors (Lipinski definition) is 1. The predicted molar refractivity (Wildman–Crippen MR) is 66.6 cm³/mol. The van der Waals surface area contributed by atoms with Crippen LogP contribution in [0.2, 0.25) is 0 Å². The molecule has 0 aromatic carbocycles. The van der Waals surface area contributed by atoms with E-state index in [-0.39, 0.29) is 11.2 Å². The fourth-order valence-electron chi connectivity index (χ4n) is 1.76. The molecule has 5 heteroatoms. The topological polar surface area (TPSA) is 73.8 Å². The molecule has 0 spiro atoms. The molecule has 0 unspecified atom stereocenters. The van der Waals surface area contributed by atoms with Crippen molar-refractivity contribution >= 4 is 5.69 Å². The van der Waals surface area contributed by atoms with Crippen molar-refractivity contribution in [3.8, 4) is 11.3 Å². The first-order valence-electron chi connectivity index (χ1n) is 5.27. The zero-order valence-corrected chi connectivity index (χ0v) is 10.1. The molecule has 0 aliphatic heterocycles. The summed E-state index contributed by atoms with van der Waals surface area (Å²) in [7, 11) is 1.59. The number of anilines is 1. The van der Waals surface area contributed by atoms with Crippen LogP contribution in [-0.4, -0.2) is 14.8 Å². The Hall–Kier alpha value is -2.17. The Kier molecular flexibility index (Phi) is 2.67. The largest absolute Gasteiger partial charge is 0.394 e. The third-order valence-electron chi connectivity index (χ3n) is 2.47. The minimum atomic E-state index is -0.281. The Morgan fingerprint density at radius 2 is 1.76 bits per heavy atom. The van der Waals surface area contributed by atoms with Gasteiger partial charge in [0.25, 0.3) is 5.56 Å². The average Bonchev–Trinajstić information content (AvgIpc) is 2.23. The number of nitrogens with zero attached hydrogens (tertiary/aromatic N) is 3. The summed E-state index contributed by atoms with van der Waals surface area (Å²) in [6.45, 7) is 3.84. The molecule has 2 heterocycles. The SMILES string of the molecule is Cc1cc(-c2cc(N)c(=O)n(C)n2)cc(C)n1. The molecule has 17 heavy (non-hydrogen) atoms. The maximum atomic E-state index is 11.4. The third kappa shape index (κ3) is 2.18. The quantitative estimate of drug-likeness (QED) is 0.794. The lowest BCUT2D eigenvalue weighted by molar-refractivity contribution is 0.715. The average molecular weight is 230 g/mol. The van der Waals surface area contributed by atoms with Crippen molar-refractivity contribution in [1.82, 2.24) is 14.8 Å². The van der Waals surface area contributed by atoms with Crippen LogP contribution in [0.4, 0.5) is 5.69 Å². The van der Waals surface area contributed by atoms with E-state index in [1.165, 1.54) is 4.68 Å². The Labute approximate surface area is 98.9 Å². The van der Waals surface area contributed by atoms with Crippen LogP contribution in [0, 0.1) is 13.8 Å². The first kappa shape index (κ1) is 11.3. The molecule has 88 valence electrons. The van der Waals surface area contributed by atoms with E-state index >= 15 is 0 Å². The van der Waals surface area contributed by atoms with Crippen LogP contribution in [0.15, 0.2) is 23.0 Å². The fraction of sp³-hybridized carbons (Fsp3) is 0.250. The van der Waals surface area contributed by atoms with Crippen LogP contribution in [0.1, 0.15) is 11.4 Å². The minimum absolute atomic E-state index is 0.199. The van der Waals surface area contributed by atoms with Crippen LogP contribution >= 0.6 is 0 Å². The number of pyridine rings is 1. The van der Waals surface area contributed by atoms with Crippen molar-refractivity contribution in [3.63, 3.8) is 0 Å². The molecular formula is C12H14N4O. The van der Waals surface area contributed by atoms with Gasteiger partial charge in [-0.1, -0.05) is 0 Å². The molecule has 2 rings (SSSR count). The molecule has 2 aromatic rings. The van der Waals surface area contributed by atoms with Crippen LogP contribution < -0.4 is 11.3 Å². The van der Waals surface area contributed by atoms with Crippen LogP contribution in [0.25, 0.3) is 11.3 Å². The highest BCUT2D eigenvalue weighted by atomic mass is 16.1. The molecule has 0 fully saturated rings. The van der Waals surface area contributed by atoms with Crippen LogP contribution in [-0.2, 0) is 7.05 Å². The van der Waals surface area contributed by atoms with Gasteiger partial charge >= 0.3 is 0 Å². The molecule has 0 amide bonds. The van der Waals surface area contributed by atoms with Crippen molar-refractivity contribution in [2.75, 3.05) is 5.73 Å². The Balaban J connectivity index is 2.64. The molecule has 0 atom stereocenters. The highest BCUT2D eigenvalue weighted by molar-refractivity contribution is 5.62. The van der Waals surface area contributed by atoms with Crippen LogP contribution in [0.5, 0.6) is 0 Å². The molecule has 0 radical (unpaired) electrons. The molecule has 2 aromatic heterocycles. The van der Waals surface area contributed by atoms with E-state index in [1.54, 1.807) is 13.1 Å². The summed E-state index contributed by atoms with van der Waals surface area (Å²) in [4.78, 5) is 15.7. The van der Waals surface area contributed by atoms with Gasteiger partial charge in [0.15, 0.2) is 0 Å². The lowest BCUT2D eigenvalue weighted by atomic mass is 10.1. The fourth-order valence-corrected chi connectivity index (χ4v) is 1.76. The van der Waals surface area contributed by atoms with Gasteiger partial charge < -0.3 is 5.73 Å². The summed E-state index contributed by atoms with van der Waals surface area (Å²) < 4.78 is 1.25. The second-order valence-corrected chi connectivity index (χ2v) is 4.05. The molecule has 0 saturated heterocycles. The number of nitrogen functional groups attached to an aromatic ring is 1. The van der Waals surface area contributed by atoms with Gasteiger partial charge in [0.05, 0.1) is 5.69 Å². The van der Waals surface area contributed by atoms with Gasteiger partial charge in [0.1, 0.15) is 5.69 Å². The highest BCUT2D eigenvalue weighted by Gasteiger charge is 2.06. The first-order valence-corrected chi connectivity index (χ1v) is 5.27. The lowest BCUT2D eigenvalue weighted by Crippen LogP contribution is -2.22. The predicted octanol–water partition coefficient (Wildman–Crippen LogP) is 1.04. The molecule has 0 aliphatic rings. The van der Waals surface area contributed by atoms with E-state index in [2.05, 4.69) is 10.1 Å². The van der Waals surface area contributed by atoms with Crippen molar-refractivity contribution in [2.24, 2.45) is 7.05 Å². The zero-order chi connectivity index (χ0) is 12.6. The smallest absolute Gasteiger partial charge is 0.289 e. The maximum Gasteiger partial charge on any atom is 0.289 e. The van der Waals surface area contributed by atoms with Crippen molar-refractivity contribution < 1.29 is 0 Å². The van der Waals surface area contributed by atoms with Gasteiger partial charge in [0, 0.05) is 24.0 Å². The molecular weight excluding hydrogens is 216 g/mol. The summed E-state index contributed by atoms with van der Waals surface area (Å²) in [5.41, 5.74) is 8.98. The van der Waals surface area contributed by atoms with E-state index in [1.807, 2.05) is 26.0 Å². The number of rotatable bonds is 1. The van der Waals surface area contributed by atoms with Gasteiger partial charge in [-0.3, -0.25) is 9.78 Å². The van der Waals surface area contributed by atoms with Crippen molar-refractivity contribution in [2.45, 2.75) is 13.8 Å². The Bertz CT molecular complexity index is 584. The van der Waals surface area contributed by atoms with Gasteiger partial charge in [-0.15, -0.1) is 0 Å². The molecule has 0 aliphatic carbocycles. The second-order valence-electron chi connectivity index (χ2n) is 4.05. The summed E-state index contributed by atoms with van der Waals surface area (Å²) in [5, 5.41) is 4.18. The van der Waals surface area contributed by atoms with Gasteiger partial charge in [-0.25, -0.2) is 4.68 Å². The Morgan fingerprint density at radius 1 is 1.18 bits per heavy atom.